The summed E-state index contributed by atoms with van der Waals surface area (Å²) in [6.45, 7) is 0. The molecular weight excluding hydrogens is 360 g/mol. The van der Waals surface area contributed by atoms with E-state index in [0.29, 0.717) is 10.6 Å². The Labute approximate surface area is 139 Å². The van der Waals surface area contributed by atoms with Crippen molar-refractivity contribution in [1.29, 1.82) is 0 Å². The Hall–Kier alpha value is -1.87. The van der Waals surface area contributed by atoms with E-state index in [1.807, 2.05) is 0 Å². The van der Waals surface area contributed by atoms with Gasteiger partial charge in [0.2, 0.25) is 10.0 Å². The summed E-state index contributed by atoms with van der Waals surface area (Å²) in [6.07, 6.45) is 1.34. The molecule has 0 radical (unpaired) electrons. The molecule has 0 atom stereocenters. The molecule has 2 aromatic carbocycles. The summed E-state index contributed by atoms with van der Waals surface area (Å²) in [5, 5.41) is 6.36. The van der Waals surface area contributed by atoms with E-state index in [9.17, 15) is 16.8 Å². The second-order valence-electron chi connectivity index (χ2n) is 4.54. The molecule has 2 aromatic rings. The lowest BCUT2D eigenvalue weighted by molar-refractivity contribution is 0.597. The van der Waals surface area contributed by atoms with Crippen LogP contribution in [0.4, 0.5) is 5.69 Å². The third kappa shape index (κ3) is 5.07. The highest BCUT2D eigenvalue weighted by Crippen LogP contribution is 2.19. The molecule has 0 aliphatic heterocycles. The van der Waals surface area contributed by atoms with Crippen molar-refractivity contribution in [1.82, 2.24) is 0 Å². The van der Waals surface area contributed by atoms with Crippen LogP contribution in [-0.2, 0) is 20.0 Å². The second kappa shape index (κ2) is 6.71. The molecular formula is C14H13ClN2O4S2. The summed E-state index contributed by atoms with van der Waals surface area (Å²) in [5.74, 6) is 0. The van der Waals surface area contributed by atoms with Gasteiger partial charge < -0.3 is 0 Å². The summed E-state index contributed by atoms with van der Waals surface area (Å²) >= 11 is 5.94. The predicted octanol–water partition coefficient (Wildman–Crippen LogP) is 2.40. The van der Waals surface area contributed by atoms with Gasteiger partial charge >= 0.3 is 0 Å². The van der Waals surface area contributed by atoms with E-state index < -0.39 is 20.0 Å². The van der Waals surface area contributed by atoms with Crippen molar-refractivity contribution in [2.45, 2.75) is 4.90 Å². The molecule has 2 rings (SSSR count). The normalized spacial score (nSPS) is 12.4. The molecule has 0 spiro atoms. The standard InChI is InChI=1S/C14H13ClN2O4S2/c15-14-7-2-1-4-11(14)8-9-22(18,19)17-12-5-3-6-13(10-12)23(16,20)21/h1-10,17H,(H2,16,20,21)/b9-8+. The van der Waals surface area contributed by atoms with E-state index in [0.717, 1.165) is 11.5 Å². The van der Waals surface area contributed by atoms with Crippen molar-refractivity contribution in [3.63, 3.8) is 0 Å². The molecule has 0 aromatic heterocycles. The lowest BCUT2D eigenvalue weighted by Crippen LogP contribution is -2.13. The maximum Gasteiger partial charge on any atom is 0.255 e. The lowest BCUT2D eigenvalue weighted by Gasteiger charge is -2.06. The van der Waals surface area contributed by atoms with Crippen molar-refractivity contribution < 1.29 is 16.8 Å². The van der Waals surface area contributed by atoms with E-state index in [4.69, 9.17) is 16.7 Å². The Morgan fingerprint density at radius 3 is 2.35 bits per heavy atom. The first-order valence-electron chi connectivity index (χ1n) is 6.26. The van der Waals surface area contributed by atoms with Gasteiger partial charge in [-0.2, -0.15) is 0 Å². The van der Waals surface area contributed by atoms with Crippen LogP contribution in [0.25, 0.3) is 6.08 Å². The number of rotatable bonds is 5. The van der Waals surface area contributed by atoms with Gasteiger partial charge in [-0.05, 0) is 35.9 Å². The van der Waals surface area contributed by atoms with Crippen molar-refractivity contribution in [2.24, 2.45) is 5.14 Å². The molecule has 3 N–H and O–H groups in total. The molecule has 0 saturated carbocycles. The van der Waals surface area contributed by atoms with Crippen LogP contribution in [0.5, 0.6) is 0 Å². The SMILES string of the molecule is NS(=O)(=O)c1cccc(NS(=O)(=O)/C=C/c2ccccc2Cl)c1. The van der Waals surface area contributed by atoms with Crippen LogP contribution in [0.15, 0.2) is 58.8 Å². The van der Waals surface area contributed by atoms with Gasteiger partial charge in [-0.3, -0.25) is 4.72 Å². The fraction of sp³-hybridized carbons (Fsp3) is 0. The number of anilines is 1. The molecule has 0 heterocycles. The Bertz CT molecular complexity index is 954. The Morgan fingerprint density at radius 1 is 1.00 bits per heavy atom. The summed E-state index contributed by atoms with van der Waals surface area (Å²) in [5.41, 5.74) is 0.623. The minimum Gasteiger partial charge on any atom is -0.280 e. The molecule has 0 fully saturated rings. The first-order chi connectivity index (χ1) is 10.7. The number of hydrogen-bond donors (Lipinski definition) is 2. The van der Waals surface area contributed by atoms with Crippen molar-refractivity contribution >= 4 is 43.4 Å². The predicted molar refractivity (Wildman–Crippen MR) is 90.8 cm³/mol. The van der Waals surface area contributed by atoms with Crippen LogP contribution >= 0.6 is 11.6 Å². The van der Waals surface area contributed by atoms with Gasteiger partial charge in [0, 0.05) is 5.02 Å². The van der Waals surface area contributed by atoms with Crippen molar-refractivity contribution in [3.8, 4) is 0 Å². The van der Waals surface area contributed by atoms with Crippen LogP contribution in [0.3, 0.4) is 0 Å². The Kier molecular flexibility index (Phi) is 5.10. The van der Waals surface area contributed by atoms with Crippen LogP contribution in [0, 0.1) is 0 Å². The average molecular weight is 373 g/mol. The first kappa shape index (κ1) is 17.5. The smallest absolute Gasteiger partial charge is 0.255 e. The summed E-state index contributed by atoms with van der Waals surface area (Å²) < 4.78 is 48.8. The van der Waals surface area contributed by atoms with E-state index in [1.54, 1.807) is 24.3 Å². The highest BCUT2D eigenvalue weighted by atomic mass is 35.5. The number of sulfonamides is 2. The highest BCUT2D eigenvalue weighted by Gasteiger charge is 2.11. The Balaban J connectivity index is 2.24. The van der Waals surface area contributed by atoms with Crippen LogP contribution in [-0.4, -0.2) is 16.8 Å². The highest BCUT2D eigenvalue weighted by molar-refractivity contribution is 7.95. The number of nitrogens with two attached hydrogens (primary N) is 1. The number of halogens is 1. The molecule has 0 unspecified atom stereocenters. The molecule has 0 bridgehead atoms. The quantitative estimate of drug-likeness (QED) is 0.840. The zero-order chi connectivity index (χ0) is 17.1. The van der Waals surface area contributed by atoms with Crippen molar-refractivity contribution in [3.05, 3.63) is 64.5 Å². The first-order valence-corrected chi connectivity index (χ1v) is 9.73. The molecule has 6 nitrogen and oxygen atoms in total. The largest absolute Gasteiger partial charge is 0.280 e. The third-order valence-electron chi connectivity index (χ3n) is 2.75. The monoisotopic (exact) mass is 372 g/mol. The number of hydrogen-bond acceptors (Lipinski definition) is 4. The fourth-order valence-corrected chi connectivity index (χ4v) is 3.32. The molecule has 0 amide bonds. The van der Waals surface area contributed by atoms with E-state index in [-0.39, 0.29) is 10.6 Å². The molecule has 0 aliphatic rings. The van der Waals surface area contributed by atoms with E-state index in [1.165, 1.54) is 24.3 Å². The number of primary sulfonamides is 1. The van der Waals surface area contributed by atoms with E-state index >= 15 is 0 Å². The lowest BCUT2D eigenvalue weighted by atomic mass is 10.2. The number of nitrogens with one attached hydrogen (secondary N) is 1. The summed E-state index contributed by atoms with van der Waals surface area (Å²) in [4.78, 5) is -0.187. The van der Waals surface area contributed by atoms with Crippen LogP contribution in [0.1, 0.15) is 5.56 Å². The van der Waals surface area contributed by atoms with Gasteiger partial charge in [0.15, 0.2) is 0 Å². The molecule has 0 aliphatic carbocycles. The topological polar surface area (TPSA) is 106 Å². The average Bonchev–Trinajstić information content (AvgIpc) is 2.45. The van der Waals surface area contributed by atoms with Crippen LogP contribution < -0.4 is 9.86 Å². The van der Waals surface area contributed by atoms with Gasteiger partial charge in [-0.1, -0.05) is 35.9 Å². The molecule has 0 saturated heterocycles. The van der Waals surface area contributed by atoms with E-state index in [2.05, 4.69) is 4.72 Å². The minimum atomic E-state index is -3.91. The molecule has 122 valence electrons. The van der Waals surface area contributed by atoms with Gasteiger partial charge in [0.25, 0.3) is 10.0 Å². The summed E-state index contributed by atoms with van der Waals surface area (Å²) in [7, 11) is -7.75. The van der Waals surface area contributed by atoms with Gasteiger partial charge in [-0.15, -0.1) is 0 Å². The zero-order valence-corrected chi connectivity index (χ0v) is 14.1. The van der Waals surface area contributed by atoms with Crippen LogP contribution in [0.2, 0.25) is 5.02 Å². The molecule has 23 heavy (non-hydrogen) atoms. The third-order valence-corrected chi connectivity index (χ3v) is 5.02. The van der Waals surface area contributed by atoms with Gasteiger partial charge in [0.1, 0.15) is 0 Å². The fourth-order valence-electron chi connectivity index (χ4n) is 1.71. The molecule has 9 heteroatoms. The number of benzene rings is 2. The Morgan fingerprint density at radius 2 is 1.70 bits per heavy atom. The van der Waals surface area contributed by atoms with Gasteiger partial charge in [-0.25, -0.2) is 22.0 Å². The minimum absolute atomic E-state index is 0.0836. The second-order valence-corrected chi connectivity index (χ2v) is 8.08. The van der Waals surface area contributed by atoms with Crippen molar-refractivity contribution in [2.75, 3.05) is 4.72 Å². The zero-order valence-electron chi connectivity index (χ0n) is 11.7. The maximum absolute atomic E-state index is 12.0. The summed E-state index contributed by atoms with van der Waals surface area (Å²) in [6, 6.07) is 12.0. The maximum atomic E-state index is 12.0. The van der Waals surface area contributed by atoms with Gasteiger partial charge in [0.05, 0.1) is 16.0 Å².